The number of urea groups is 1. The first-order valence-electron chi connectivity index (χ1n) is 8.32. The van der Waals surface area contributed by atoms with Crippen LogP contribution in [0.25, 0.3) is 11.1 Å². The molecule has 1 aromatic heterocycles. The van der Waals surface area contributed by atoms with Crippen LogP contribution in [-0.4, -0.2) is 61.4 Å². The number of nitrogens with zero attached hydrogens (tertiary/aromatic N) is 3. The van der Waals surface area contributed by atoms with E-state index in [0.717, 1.165) is 6.42 Å². The van der Waals surface area contributed by atoms with Gasteiger partial charge in [0.1, 0.15) is 5.52 Å². The van der Waals surface area contributed by atoms with Gasteiger partial charge in [-0.15, -0.1) is 0 Å². The van der Waals surface area contributed by atoms with E-state index in [2.05, 4.69) is 10.3 Å². The van der Waals surface area contributed by atoms with Crippen LogP contribution in [-0.2, 0) is 10.0 Å². The molecule has 0 saturated carbocycles. The summed E-state index contributed by atoms with van der Waals surface area (Å²) < 4.78 is 32.5. The number of carbonyl (C=O) groups is 1. The SMILES string of the molecule is CCCNC(=O)N1CCN(S(=O)(=O)c2ccc3nc(C)oc3c2)CC1. The summed E-state index contributed by atoms with van der Waals surface area (Å²) in [4.78, 5) is 18.0. The summed E-state index contributed by atoms with van der Waals surface area (Å²) in [5.74, 6) is 0.497. The van der Waals surface area contributed by atoms with Gasteiger partial charge in [-0.25, -0.2) is 18.2 Å². The van der Waals surface area contributed by atoms with Crippen molar-refractivity contribution in [3.05, 3.63) is 24.1 Å². The van der Waals surface area contributed by atoms with E-state index in [0.29, 0.717) is 36.6 Å². The summed E-state index contributed by atoms with van der Waals surface area (Å²) in [5, 5.41) is 2.81. The van der Waals surface area contributed by atoms with Crippen LogP contribution in [0.3, 0.4) is 0 Å². The fraction of sp³-hybridized carbons (Fsp3) is 0.500. The molecule has 0 aliphatic carbocycles. The predicted octanol–water partition coefficient (Wildman–Crippen LogP) is 1.56. The van der Waals surface area contributed by atoms with Crippen molar-refractivity contribution < 1.29 is 17.6 Å². The summed E-state index contributed by atoms with van der Waals surface area (Å²) in [5.41, 5.74) is 1.09. The van der Waals surface area contributed by atoms with Gasteiger partial charge in [-0.2, -0.15) is 4.31 Å². The lowest BCUT2D eigenvalue weighted by Gasteiger charge is -2.33. The monoisotopic (exact) mass is 366 g/mol. The molecular weight excluding hydrogens is 344 g/mol. The predicted molar refractivity (Wildman–Crippen MR) is 92.8 cm³/mol. The van der Waals surface area contributed by atoms with Gasteiger partial charge in [-0.3, -0.25) is 0 Å². The smallest absolute Gasteiger partial charge is 0.317 e. The fourth-order valence-corrected chi connectivity index (χ4v) is 4.24. The minimum Gasteiger partial charge on any atom is -0.441 e. The molecule has 1 saturated heterocycles. The Hall–Kier alpha value is -2.13. The molecule has 2 heterocycles. The molecule has 1 aliphatic heterocycles. The molecule has 3 rings (SSSR count). The van der Waals surface area contributed by atoms with Crippen molar-refractivity contribution in [3.63, 3.8) is 0 Å². The van der Waals surface area contributed by atoms with Gasteiger partial charge >= 0.3 is 6.03 Å². The first-order chi connectivity index (χ1) is 11.9. The molecule has 9 heteroatoms. The molecule has 2 amide bonds. The van der Waals surface area contributed by atoms with Gasteiger partial charge in [0.15, 0.2) is 11.5 Å². The molecular formula is C16H22N4O4S. The van der Waals surface area contributed by atoms with Crippen molar-refractivity contribution in [1.82, 2.24) is 19.5 Å². The number of aryl methyl sites for hydroxylation is 1. The number of nitrogens with one attached hydrogen (secondary N) is 1. The summed E-state index contributed by atoms with van der Waals surface area (Å²) in [6, 6.07) is 4.55. The molecule has 1 aromatic carbocycles. The van der Waals surface area contributed by atoms with Gasteiger partial charge < -0.3 is 14.6 Å². The molecule has 25 heavy (non-hydrogen) atoms. The van der Waals surface area contributed by atoms with E-state index < -0.39 is 10.0 Å². The van der Waals surface area contributed by atoms with E-state index in [9.17, 15) is 13.2 Å². The Kier molecular flexibility index (Phi) is 4.96. The molecule has 2 aromatic rings. The Labute approximate surface area is 146 Å². The molecule has 136 valence electrons. The summed E-state index contributed by atoms with van der Waals surface area (Å²) in [6.45, 7) is 5.62. The van der Waals surface area contributed by atoms with E-state index in [4.69, 9.17) is 4.42 Å². The zero-order valence-electron chi connectivity index (χ0n) is 14.4. The maximum atomic E-state index is 12.8. The van der Waals surface area contributed by atoms with Gasteiger partial charge in [0, 0.05) is 45.7 Å². The molecule has 0 unspecified atom stereocenters. The standard InChI is InChI=1S/C16H22N4O4S/c1-3-6-17-16(21)19-7-9-20(10-8-19)25(22,23)13-4-5-14-15(11-13)24-12(2)18-14/h4-5,11H,3,6-10H2,1-2H3,(H,17,21). The third kappa shape index (κ3) is 3.62. The molecule has 8 nitrogen and oxygen atoms in total. The summed E-state index contributed by atoms with van der Waals surface area (Å²) >= 11 is 0. The van der Waals surface area contributed by atoms with E-state index in [1.165, 1.54) is 10.4 Å². The number of hydrogen-bond acceptors (Lipinski definition) is 5. The second kappa shape index (κ2) is 7.01. The lowest BCUT2D eigenvalue weighted by molar-refractivity contribution is 0.172. The van der Waals surface area contributed by atoms with Crippen molar-refractivity contribution in [2.45, 2.75) is 25.2 Å². The molecule has 1 N–H and O–H groups in total. The van der Waals surface area contributed by atoms with Crippen LogP contribution < -0.4 is 5.32 Å². The lowest BCUT2D eigenvalue weighted by atomic mass is 10.3. The highest BCUT2D eigenvalue weighted by Gasteiger charge is 2.30. The Morgan fingerprint density at radius 1 is 1.28 bits per heavy atom. The highest BCUT2D eigenvalue weighted by atomic mass is 32.2. The number of carbonyl (C=O) groups excluding carboxylic acids is 1. The molecule has 0 radical (unpaired) electrons. The number of oxazole rings is 1. The largest absolute Gasteiger partial charge is 0.441 e. The average Bonchev–Trinajstić information content (AvgIpc) is 2.98. The van der Waals surface area contributed by atoms with E-state index in [1.54, 1.807) is 24.0 Å². The van der Waals surface area contributed by atoms with Crippen LogP contribution in [0.2, 0.25) is 0 Å². The van der Waals surface area contributed by atoms with Crippen molar-refractivity contribution in [1.29, 1.82) is 0 Å². The van der Waals surface area contributed by atoms with Crippen LogP contribution in [0.1, 0.15) is 19.2 Å². The van der Waals surface area contributed by atoms with Crippen LogP contribution in [0, 0.1) is 6.92 Å². The second-order valence-electron chi connectivity index (χ2n) is 5.99. The molecule has 0 spiro atoms. The van der Waals surface area contributed by atoms with Gasteiger partial charge in [0.2, 0.25) is 10.0 Å². The normalized spacial score (nSPS) is 16.3. The lowest BCUT2D eigenvalue weighted by Crippen LogP contribution is -2.53. The number of rotatable bonds is 4. The minimum absolute atomic E-state index is 0.141. The average molecular weight is 366 g/mol. The molecule has 1 fully saturated rings. The zero-order valence-corrected chi connectivity index (χ0v) is 15.2. The zero-order chi connectivity index (χ0) is 18.0. The number of hydrogen-bond donors (Lipinski definition) is 1. The Balaban J connectivity index is 1.71. The van der Waals surface area contributed by atoms with E-state index in [1.807, 2.05) is 6.92 Å². The number of benzene rings is 1. The summed E-state index contributed by atoms with van der Waals surface area (Å²) in [6.07, 6.45) is 0.865. The number of amides is 2. The van der Waals surface area contributed by atoms with Gasteiger partial charge in [0.05, 0.1) is 4.90 Å². The molecule has 0 bridgehead atoms. The molecule has 1 aliphatic rings. The van der Waals surface area contributed by atoms with Gasteiger partial charge in [-0.05, 0) is 18.6 Å². The van der Waals surface area contributed by atoms with Crippen LogP contribution in [0.4, 0.5) is 4.79 Å². The summed E-state index contributed by atoms with van der Waals surface area (Å²) in [7, 11) is -3.62. The van der Waals surface area contributed by atoms with Crippen LogP contribution in [0.5, 0.6) is 0 Å². The van der Waals surface area contributed by atoms with E-state index in [-0.39, 0.29) is 24.0 Å². The first-order valence-corrected chi connectivity index (χ1v) is 9.76. The maximum absolute atomic E-state index is 12.8. The fourth-order valence-electron chi connectivity index (χ4n) is 2.80. The second-order valence-corrected chi connectivity index (χ2v) is 7.92. The van der Waals surface area contributed by atoms with Crippen LogP contribution in [0.15, 0.2) is 27.5 Å². The first kappa shape index (κ1) is 17.7. The quantitative estimate of drug-likeness (QED) is 0.886. The molecule has 0 atom stereocenters. The van der Waals surface area contributed by atoms with Gasteiger partial charge in [0.25, 0.3) is 0 Å². The topological polar surface area (TPSA) is 95.8 Å². The van der Waals surface area contributed by atoms with Gasteiger partial charge in [-0.1, -0.05) is 6.92 Å². The van der Waals surface area contributed by atoms with Crippen molar-refractivity contribution in [3.8, 4) is 0 Å². The minimum atomic E-state index is -3.62. The van der Waals surface area contributed by atoms with Crippen molar-refractivity contribution >= 4 is 27.2 Å². The van der Waals surface area contributed by atoms with Crippen molar-refractivity contribution in [2.75, 3.05) is 32.7 Å². The van der Waals surface area contributed by atoms with E-state index >= 15 is 0 Å². The Morgan fingerprint density at radius 2 is 2.00 bits per heavy atom. The highest BCUT2D eigenvalue weighted by molar-refractivity contribution is 7.89. The third-order valence-electron chi connectivity index (χ3n) is 4.16. The maximum Gasteiger partial charge on any atom is 0.317 e. The number of fused-ring (bicyclic) bond motifs is 1. The number of aromatic nitrogens is 1. The number of sulfonamides is 1. The highest BCUT2D eigenvalue weighted by Crippen LogP contribution is 2.23. The third-order valence-corrected chi connectivity index (χ3v) is 6.05. The van der Waals surface area contributed by atoms with Crippen LogP contribution >= 0.6 is 0 Å². The van der Waals surface area contributed by atoms with Crippen molar-refractivity contribution in [2.24, 2.45) is 0 Å². The Morgan fingerprint density at radius 3 is 2.68 bits per heavy atom. The Bertz CT molecular complexity index is 869. The number of piperazine rings is 1.